The van der Waals surface area contributed by atoms with E-state index in [1.165, 1.54) is 7.11 Å². The highest BCUT2D eigenvalue weighted by molar-refractivity contribution is 6.06. The molecule has 0 unspecified atom stereocenters. The molecule has 0 saturated heterocycles. The van der Waals surface area contributed by atoms with Crippen LogP contribution in [0.15, 0.2) is 24.3 Å². The summed E-state index contributed by atoms with van der Waals surface area (Å²) in [6.07, 6.45) is 0.661. The Morgan fingerprint density at radius 1 is 1.29 bits per heavy atom. The van der Waals surface area contributed by atoms with Crippen LogP contribution in [-0.2, 0) is 9.53 Å². The number of hydrogen-bond acceptors (Lipinski definition) is 4. The summed E-state index contributed by atoms with van der Waals surface area (Å²) in [6.45, 7) is 2.61. The van der Waals surface area contributed by atoms with Gasteiger partial charge in [0.05, 0.1) is 13.7 Å². The topological polar surface area (TPSA) is 52.6 Å². The zero-order valence-electron chi connectivity index (χ0n) is 10.1. The van der Waals surface area contributed by atoms with Crippen LogP contribution >= 0.6 is 0 Å². The monoisotopic (exact) mass is 236 g/mol. The Kier molecular flexibility index (Phi) is 5.20. The summed E-state index contributed by atoms with van der Waals surface area (Å²) in [4.78, 5) is 22.7. The van der Waals surface area contributed by atoms with Gasteiger partial charge < -0.3 is 9.47 Å². The summed E-state index contributed by atoms with van der Waals surface area (Å²) < 4.78 is 9.86. The van der Waals surface area contributed by atoms with E-state index in [1.807, 2.05) is 6.92 Å². The van der Waals surface area contributed by atoms with E-state index in [9.17, 15) is 9.59 Å². The van der Waals surface area contributed by atoms with E-state index < -0.39 is 5.97 Å². The lowest BCUT2D eigenvalue weighted by Crippen LogP contribution is -2.09. The summed E-state index contributed by atoms with van der Waals surface area (Å²) in [5.74, 6) is -0.156. The largest absolute Gasteiger partial charge is 0.494 e. The van der Waals surface area contributed by atoms with Crippen molar-refractivity contribution in [1.82, 2.24) is 0 Å². The maximum Gasteiger partial charge on any atom is 0.313 e. The average Bonchev–Trinajstić information content (AvgIpc) is 2.36. The first-order chi connectivity index (χ1) is 8.17. The predicted octanol–water partition coefficient (Wildman–Crippen LogP) is 2.22. The normalized spacial score (nSPS) is 9.76. The number of Topliss-reactive ketones (excluding diaryl/α,β-unsaturated/α-hetero) is 1. The zero-order chi connectivity index (χ0) is 12.7. The first-order valence-electron chi connectivity index (χ1n) is 5.50. The molecular weight excluding hydrogens is 220 g/mol. The SMILES string of the molecule is CCCOc1cccc(C(=O)CC(=O)OC)c1. The Morgan fingerprint density at radius 3 is 2.71 bits per heavy atom. The van der Waals surface area contributed by atoms with Crippen molar-refractivity contribution >= 4 is 11.8 Å². The second kappa shape index (κ2) is 6.68. The second-order valence-electron chi connectivity index (χ2n) is 3.55. The molecule has 1 rings (SSSR count). The number of ether oxygens (including phenoxy) is 2. The van der Waals surface area contributed by atoms with Gasteiger partial charge >= 0.3 is 5.97 Å². The molecule has 4 nitrogen and oxygen atoms in total. The maximum atomic E-state index is 11.7. The summed E-state index contributed by atoms with van der Waals surface area (Å²) in [7, 11) is 1.26. The summed E-state index contributed by atoms with van der Waals surface area (Å²) in [5.41, 5.74) is 0.462. The minimum atomic E-state index is -0.533. The number of esters is 1. The highest BCUT2D eigenvalue weighted by Crippen LogP contribution is 2.15. The molecule has 0 atom stereocenters. The van der Waals surface area contributed by atoms with E-state index in [4.69, 9.17) is 4.74 Å². The van der Waals surface area contributed by atoms with Crippen LogP contribution in [0.2, 0.25) is 0 Å². The number of carbonyl (C=O) groups excluding carboxylic acids is 2. The third-order valence-corrected chi connectivity index (χ3v) is 2.16. The second-order valence-corrected chi connectivity index (χ2v) is 3.55. The van der Waals surface area contributed by atoms with Gasteiger partial charge in [-0.1, -0.05) is 19.1 Å². The van der Waals surface area contributed by atoms with Gasteiger partial charge in [-0.3, -0.25) is 9.59 Å². The highest BCUT2D eigenvalue weighted by atomic mass is 16.5. The van der Waals surface area contributed by atoms with E-state index in [0.717, 1.165) is 6.42 Å². The number of hydrogen-bond donors (Lipinski definition) is 0. The number of carbonyl (C=O) groups is 2. The fraction of sp³-hybridized carbons (Fsp3) is 0.385. The van der Waals surface area contributed by atoms with Crippen molar-refractivity contribution in [2.75, 3.05) is 13.7 Å². The molecule has 0 heterocycles. The summed E-state index contributed by atoms with van der Waals surface area (Å²) >= 11 is 0. The van der Waals surface area contributed by atoms with Gasteiger partial charge in [-0.25, -0.2) is 0 Å². The van der Waals surface area contributed by atoms with E-state index in [1.54, 1.807) is 24.3 Å². The standard InChI is InChI=1S/C13H16O4/c1-3-7-17-11-6-4-5-10(8-11)12(14)9-13(15)16-2/h4-6,8H,3,7,9H2,1-2H3. The zero-order valence-corrected chi connectivity index (χ0v) is 10.1. The lowest BCUT2D eigenvalue weighted by molar-refractivity contribution is -0.139. The molecule has 17 heavy (non-hydrogen) atoms. The van der Waals surface area contributed by atoms with Gasteiger partial charge in [0.15, 0.2) is 5.78 Å². The van der Waals surface area contributed by atoms with Crippen molar-refractivity contribution in [3.8, 4) is 5.75 Å². The predicted molar refractivity (Wildman–Crippen MR) is 63.2 cm³/mol. The molecule has 0 radical (unpaired) electrons. The van der Waals surface area contributed by atoms with Crippen molar-refractivity contribution in [3.05, 3.63) is 29.8 Å². The number of methoxy groups -OCH3 is 1. The molecule has 0 aliphatic heterocycles. The van der Waals surface area contributed by atoms with Crippen molar-refractivity contribution < 1.29 is 19.1 Å². The van der Waals surface area contributed by atoms with E-state index in [0.29, 0.717) is 17.9 Å². The Balaban J connectivity index is 2.70. The van der Waals surface area contributed by atoms with Gasteiger partial charge in [0, 0.05) is 5.56 Å². The van der Waals surface area contributed by atoms with Gasteiger partial charge in [-0.2, -0.15) is 0 Å². The fourth-order valence-electron chi connectivity index (χ4n) is 1.28. The molecule has 0 aliphatic carbocycles. The molecule has 0 amide bonds. The molecule has 0 aromatic heterocycles. The molecule has 1 aromatic rings. The van der Waals surface area contributed by atoms with Gasteiger partial charge in [-0.05, 0) is 18.6 Å². The molecule has 0 N–H and O–H groups in total. The molecule has 0 spiro atoms. The van der Waals surface area contributed by atoms with Crippen molar-refractivity contribution in [1.29, 1.82) is 0 Å². The summed E-state index contributed by atoms with van der Waals surface area (Å²) in [5, 5.41) is 0. The number of rotatable bonds is 6. The third kappa shape index (κ3) is 4.26. The Hall–Kier alpha value is -1.84. The molecule has 0 bridgehead atoms. The molecule has 0 aliphatic rings. The van der Waals surface area contributed by atoms with Gasteiger partial charge in [0.1, 0.15) is 12.2 Å². The quantitative estimate of drug-likeness (QED) is 0.431. The molecule has 0 fully saturated rings. The fourth-order valence-corrected chi connectivity index (χ4v) is 1.28. The minimum Gasteiger partial charge on any atom is -0.494 e. The van der Waals surface area contributed by atoms with Crippen molar-refractivity contribution in [2.24, 2.45) is 0 Å². The molecule has 4 heteroatoms. The van der Waals surface area contributed by atoms with Gasteiger partial charge in [0.2, 0.25) is 0 Å². The average molecular weight is 236 g/mol. The van der Waals surface area contributed by atoms with Gasteiger partial charge in [0.25, 0.3) is 0 Å². The van der Waals surface area contributed by atoms with Crippen LogP contribution in [0.5, 0.6) is 5.75 Å². The van der Waals surface area contributed by atoms with Crippen LogP contribution < -0.4 is 4.74 Å². The number of ketones is 1. The smallest absolute Gasteiger partial charge is 0.313 e. The Morgan fingerprint density at radius 2 is 2.06 bits per heavy atom. The first kappa shape index (κ1) is 13.2. The van der Waals surface area contributed by atoms with Crippen LogP contribution in [0, 0.1) is 0 Å². The lowest BCUT2D eigenvalue weighted by Gasteiger charge is -2.06. The van der Waals surface area contributed by atoms with E-state index in [-0.39, 0.29) is 12.2 Å². The van der Waals surface area contributed by atoms with Crippen LogP contribution in [-0.4, -0.2) is 25.5 Å². The Labute approximate surface area is 101 Å². The van der Waals surface area contributed by atoms with E-state index in [2.05, 4.69) is 4.74 Å². The van der Waals surface area contributed by atoms with E-state index >= 15 is 0 Å². The van der Waals surface area contributed by atoms with Crippen LogP contribution in [0.1, 0.15) is 30.1 Å². The van der Waals surface area contributed by atoms with Crippen molar-refractivity contribution in [2.45, 2.75) is 19.8 Å². The molecule has 92 valence electrons. The lowest BCUT2D eigenvalue weighted by atomic mass is 10.1. The van der Waals surface area contributed by atoms with Crippen molar-refractivity contribution in [3.63, 3.8) is 0 Å². The maximum absolute atomic E-state index is 11.7. The molecular formula is C13H16O4. The van der Waals surface area contributed by atoms with Crippen LogP contribution in [0.3, 0.4) is 0 Å². The third-order valence-electron chi connectivity index (χ3n) is 2.16. The summed E-state index contributed by atoms with van der Waals surface area (Å²) in [6, 6.07) is 6.81. The molecule has 0 saturated carbocycles. The minimum absolute atomic E-state index is 0.242. The number of benzene rings is 1. The van der Waals surface area contributed by atoms with Crippen LogP contribution in [0.4, 0.5) is 0 Å². The first-order valence-corrected chi connectivity index (χ1v) is 5.50. The molecule has 1 aromatic carbocycles. The Bertz CT molecular complexity index is 398. The highest BCUT2D eigenvalue weighted by Gasteiger charge is 2.12. The van der Waals surface area contributed by atoms with Crippen LogP contribution in [0.25, 0.3) is 0 Å². The van der Waals surface area contributed by atoms with Gasteiger partial charge in [-0.15, -0.1) is 0 Å².